The van der Waals surface area contributed by atoms with Crippen LogP contribution in [0.1, 0.15) is 23.5 Å². The number of fused-ring (bicyclic) bond motifs is 9. The van der Waals surface area contributed by atoms with Crippen molar-refractivity contribution in [2.24, 2.45) is 0 Å². The molecular weight excluding hydrogens is 496 g/mol. The Hall–Kier alpha value is -5.21. The van der Waals surface area contributed by atoms with Crippen molar-refractivity contribution in [3.63, 3.8) is 0 Å². The summed E-state index contributed by atoms with van der Waals surface area (Å²) in [6.45, 7) is 0. The number of allylic oxidation sites excluding steroid dienone is 5. The molecule has 0 saturated carbocycles. The fourth-order valence-corrected chi connectivity index (χ4v) is 7.02. The molecule has 0 bridgehead atoms. The third-order valence-electron chi connectivity index (χ3n) is 8.96. The number of nitrogens with zero attached hydrogens (tertiary/aromatic N) is 2. The van der Waals surface area contributed by atoms with Crippen LogP contribution in [0.25, 0.3) is 66.4 Å². The Morgan fingerprint density at radius 3 is 2.54 bits per heavy atom. The fraction of sp³-hybridized carbons (Fsp3) is 0.0513. The molecule has 0 N–H and O–H groups in total. The van der Waals surface area contributed by atoms with Gasteiger partial charge in [0.15, 0.2) is 0 Å². The minimum atomic E-state index is 0.473. The Labute approximate surface area is 238 Å². The molecule has 41 heavy (non-hydrogen) atoms. The molecule has 1 atom stereocenters. The Bertz CT molecular complexity index is 2290. The quantitative estimate of drug-likeness (QED) is 0.207. The van der Waals surface area contributed by atoms with Gasteiger partial charge >= 0.3 is 0 Å². The van der Waals surface area contributed by atoms with Gasteiger partial charge in [-0.1, -0.05) is 97.1 Å². The minimum Gasteiger partial charge on any atom is -0.309 e. The number of para-hydroxylation sites is 1. The van der Waals surface area contributed by atoms with Crippen molar-refractivity contribution in [1.82, 2.24) is 9.55 Å². The molecule has 0 amide bonds. The maximum atomic E-state index is 4.83. The van der Waals surface area contributed by atoms with Gasteiger partial charge in [-0.05, 0) is 76.0 Å². The van der Waals surface area contributed by atoms with Gasteiger partial charge in [-0.2, -0.15) is 0 Å². The number of rotatable bonds is 2. The van der Waals surface area contributed by atoms with Gasteiger partial charge < -0.3 is 4.57 Å². The van der Waals surface area contributed by atoms with E-state index < -0.39 is 0 Å². The molecule has 2 aliphatic rings. The van der Waals surface area contributed by atoms with E-state index in [2.05, 4.69) is 132 Å². The summed E-state index contributed by atoms with van der Waals surface area (Å²) < 4.78 is 2.42. The van der Waals surface area contributed by atoms with Crippen molar-refractivity contribution in [2.45, 2.75) is 12.3 Å². The summed E-state index contributed by atoms with van der Waals surface area (Å²) >= 11 is 0. The number of aromatic nitrogens is 2. The lowest BCUT2D eigenvalue weighted by atomic mass is 9.78. The maximum Gasteiger partial charge on any atom is 0.0801 e. The highest BCUT2D eigenvalue weighted by Crippen LogP contribution is 2.41. The van der Waals surface area contributed by atoms with E-state index in [1.807, 2.05) is 12.3 Å². The second kappa shape index (κ2) is 8.64. The first-order chi connectivity index (χ1) is 20.3. The highest BCUT2D eigenvalue weighted by molar-refractivity contribution is 6.15. The van der Waals surface area contributed by atoms with Crippen LogP contribution in [0.5, 0.6) is 0 Å². The topological polar surface area (TPSA) is 17.8 Å². The Morgan fingerprint density at radius 2 is 1.54 bits per heavy atom. The molecule has 0 fully saturated rings. The normalized spacial score (nSPS) is 15.9. The molecule has 0 aliphatic heterocycles. The van der Waals surface area contributed by atoms with E-state index in [1.54, 1.807) is 0 Å². The zero-order chi connectivity index (χ0) is 26.9. The van der Waals surface area contributed by atoms with E-state index in [4.69, 9.17) is 4.98 Å². The van der Waals surface area contributed by atoms with Gasteiger partial charge in [0.2, 0.25) is 0 Å². The second-order valence-electron chi connectivity index (χ2n) is 11.2. The lowest BCUT2D eigenvalue weighted by Gasteiger charge is -2.26. The van der Waals surface area contributed by atoms with Gasteiger partial charge in [0.05, 0.1) is 22.2 Å². The summed E-state index contributed by atoms with van der Waals surface area (Å²) in [7, 11) is 0. The fourth-order valence-electron chi connectivity index (χ4n) is 7.02. The molecule has 5 aromatic carbocycles. The predicted molar refractivity (Wildman–Crippen MR) is 173 cm³/mol. The van der Waals surface area contributed by atoms with Crippen LogP contribution in [0, 0.1) is 0 Å². The third kappa shape index (κ3) is 3.34. The largest absolute Gasteiger partial charge is 0.309 e. The van der Waals surface area contributed by atoms with E-state index in [0.717, 1.165) is 23.0 Å². The molecule has 192 valence electrons. The SMILES string of the molecule is C1=CCC2C(=C1)C=Cc1cc(-c3ccc4c(c3)c3ccccc3n4-c3cccc4ccc5cccnc5c34)ccc12. The zero-order valence-electron chi connectivity index (χ0n) is 22.5. The smallest absolute Gasteiger partial charge is 0.0801 e. The lowest BCUT2D eigenvalue weighted by Crippen LogP contribution is -2.08. The molecule has 2 heteroatoms. The van der Waals surface area contributed by atoms with Crippen LogP contribution in [0.2, 0.25) is 0 Å². The summed E-state index contributed by atoms with van der Waals surface area (Å²) in [4.78, 5) is 4.83. The number of hydrogen-bond acceptors (Lipinski definition) is 1. The van der Waals surface area contributed by atoms with Gasteiger partial charge in [0.25, 0.3) is 0 Å². The van der Waals surface area contributed by atoms with Crippen molar-refractivity contribution >= 4 is 49.6 Å². The molecule has 0 saturated heterocycles. The summed E-state index contributed by atoms with van der Waals surface area (Å²) in [5.74, 6) is 0.473. The van der Waals surface area contributed by atoms with Crippen LogP contribution in [0.15, 0.2) is 139 Å². The molecule has 1 unspecified atom stereocenters. The highest BCUT2D eigenvalue weighted by Gasteiger charge is 2.22. The van der Waals surface area contributed by atoms with Crippen LogP contribution in [-0.2, 0) is 0 Å². The number of pyridine rings is 1. The molecule has 0 spiro atoms. The van der Waals surface area contributed by atoms with Gasteiger partial charge in [0.1, 0.15) is 0 Å². The Kier molecular flexibility index (Phi) is 4.76. The van der Waals surface area contributed by atoms with Crippen LogP contribution in [-0.4, -0.2) is 9.55 Å². The molecule has 2 nitrogen and oxygen atoms in total. The van der Waals surface area contributed by atoms with Crippen LogP contribution in [0.3, 0.4) is 0 Å². The van der Waals surface area contributed by atoms with E-state index in [1.165, 1.54) is 60.4 Å². The van der Waals surface area contributed by atoms with Crippen molar-refractivity contribution in [1.29, 1.82) is 0 Å². The van der Waals surface area contributed by atoms with Gasteiger partial charge in [0, 0.05) is 33.7 Å². The highest BCUT2D eigenvalue weighted by atomic mass is 15.0. The van der Waals surface area contributed by atoms with E-state index in [-0.39, 0.29) is 0 Å². The van der Waals surface area contributed by atoms with Crippen molar-refractivity contribution in [2.75, 3.05) is 0 Å². The summed E-state index contributed by atoms with van der Waals surface area (Å²) in [6, 6.07) is 37.8. The van der Waals surface area contributed by atoms with Gasteiger partial charge in [-0.15, -0.1) is 0 Å². The van der Waals surface area contributed by atoms with Gasteiger partial charge in [-0.25, -0.2) is 0 Å². The van der Waals surface area contributed by atoms with Crippen molar-refractivity contribution < 1.29 is 0 Å². The van der Waals surface area contributed by atoms with Crippen molar-refractivity contribution in [3.05, 3.63) is 150 Å². The molecule has 9 rings (SSSR count). The Balaban J connectivity index is 1.26. The van der Waals surface area contributed by atoms with Gasteiger partial charge in [-0.3, -0.25) is 4.98 Å². The first kappa shape index (κ1) is 22.6. The van der Waals surface area contributed by atoms with E-state index in [0.29, 0.717) is 5.92 Å². The summed E-state index contributed by atoms with van der Waals surface area (Å²) in [5.41, 5.74) is 11.3. The standard InChI is InChI=1S/C39H26N2/c1-2-10-31-25(7-1)14-17-30-23-28(18-20-32(30)31)29-19-21-36-34(24-29)33-11-3-4-12-35(33)41(36)37-13-5-8-26-15-16-27-9-6-22-40-39(27)38(26)37/h1-9,11-24,31H,10H2. The maximum absolute atomic E-state index is 4.83. The molecule has 7 aromatic rings. The number of benzene rings is 5. The monoisotopic (exact) mass is 522 g/mol. The van der Waals surface area contributed by atoms with Crippen LogP contribution >= 0.6 is 0 Å². The zero-order valence-corrected chi connectivity index (χ0v) is 22.5. The average molecular weight is 523 g/mol. The lowest BCUT2D eigenvalue weighted by molar-refractivity contribution is 0.811. The molecular formula is C39H26N2. The van der Waals surface area contributed by atoms with Crippen molar-refractivity contribution in [3.8, 4) is 16.8 Å². The van der Waals surface area contributed by atoms with E-state index in [9.17, 15) is 0 Å². The molecule has 2 heterocycles. The average Bonchev–Trinajstić information content (AvgIpc) is 3.37. The molecule has 2 aromatic heterocycles. The first-order valence-corrected chi connectivity index (χ1v) is 14.3. The predicted octanol–water partition coefficient (Wildman–Crippen LogP) is 10.1. The van der Waals surface area contributed by atoms with Crippen LogP contribution < -0.4 is 0 Å². The molecule has 0 radical (unpaired) electrons. The number of hydrogen-bond donors (Lipinski definition) is 0. The molecule has 2 aliphatic carbocycles. The Morgan fingerprint density at radius 1 is 0.683 bits per heavy atom. The van der Waals surface area contributed by atoms with Crippen LogP contribution in [0.4, 0.5) is 0 Å². The van der Waals surface area contributed by atoms with E-state index >= 15 is 0 Å². The second-order valence-corrected chi connectivity index (χ2v) is 11.2. The first-order valence-electron chi connectivity index (χ1n) is 14.3. The third-order valence-corrected chi connectivity index (χ3v) is 8.96. The summed E-state index contributed by atoms with van der Waals surface area (Å²) in [5, 5.41) is 6.06. The summed E-state index contributed by atoms with van der Waals surface area (Å²) in [6.07, 6.45) is 14.3. The minimum absolute atomic E-state index is 0.473.